The number of hydrogen-bond donors (Lipinski definition) is 0. The SMILES string of the molecule is Cc1cc(Cl)c(C)nn1. The van der Waals surface area contributed by atoms with Gasteiger partial charge in [-0.1, -0.05) is 11.6 Å². The Hall–Kier alpha value is -0.630. The summed E-state index contributed by atoms with van der Waals surface area (Å²) < 4.78 is 0. The molecule has 0 aromatic carbocycles. The zero-order valence-corrected chi connectivity index (χ0v) is 6.11. The van der Waals surface area contributed by atoms with E-state index in [0.717, 1.165) is 11.4 Å². The normalized spacial score (nSPS) is 9.67. The smallest absolute Gasteiger partial charge is 0.0786 e. The molecule has 0 atom stereocenters. The van der Waals surface area contributed by atoms with Crippen molar-refractivity contribution in [3.63, 3.8) is 0 Å². The minimum absolute atomic E-state index is 0.683. The third-order valence-corrected chi connectivity index (χ3v) is 1.42. The van der Waals surface area contributed by atoms with Crippen molar-refractivity contribution < 1.29 is 0 Å². The molecule has 1 aromatic rings. The summed E-state index contributed by atoms with van der Waals surface area (Å²) in [5.41, 5.74) is 1.63. The van der Waals surface area contributed by atoms with Gasteiger partial charge in [0.2, 0.25) is 0 Å². The Bertz CT molecular complexity index is 222. The molecule has 0 fully saturated rings. The lowest BCUT2D eigenvalue weighted by atomic mass is 10.4. The third kappa shape index (κ3) is 1.39. The lowest BCUT2D eigenvalue weighted by molar-refractivity contribution is 0.941. The second kappa shape index (κ2) is 2.31. The van der Waals surface area contributed by atoms with Crippen LogP contribution in [0.15, 0.2) is 6.07 Å². The van der Waals surface area contributed by atoms with Gasteiger partial charge in [-0.05, 0) is 19.9 Å². The molecule has 0 bridgehead atoms. The first-order chi connectivity index (χ1) is 4.20. The van der Waals surface area contributed by atoms with Crippen LogP contribution in [0.3, 0.4) is 0 Å². The molecule has 0 saturated carbocycles. The third-order valence-electron chi connectivity index (χ3n) is 1.04. The van der Waals surface area contributed by atoms with Crippen LogP contribution in [0.4, 0.5) is 0 Å². The highest BCUT2D eigenvalue weighted by Crippen LogP contribution is 2.10. The summed E-state index contributed by atoms with van der Waals surface area (Å²) in [6.45, 7) is 3.69. The van der Waals surface area contributed by atoms with E-state index >= 15 is 0 Å². The van der Waals surface area contributed by atoms with Gasteiger partial charge in [-0.2, -0.15) is 10.2 Å². The molecule has 0 N–H and O–H groups in total. The molecule has 0 aliphatic carbocycles. The molecular weight excluding hydrogens is 136 g/mol. The molecule has 0 unspecified atom stereocenters. The predicted molar refractivity (Wildman–Crippen MR) is 36.5 cm³/mol. The Labute approximate surface area is 58.9 Å². The van der Waals surface area contributed by atoms with Gasteiger partial charge in [0.1, 0.15) is 0 Å². The van der Waals surface area contributed by atoms with Crippen molar-refractivity contribution in [2.75, 3.05) is 0 Å². The zero-order chi connectivity index (χ0) is 6.85. The summed E-state index contributed by atoms with van der Waals surface area (Å²) in [5, 5.41) is 8.28. The summed E-state index contributed by atoms with van der Waals surface area (Å²) in [6.07, 6.45) is 0. The fourth-order valence-electron chi connectivity index (χ4n) is 0.518. The van der Waals surface area contributed by atoms with Crippen LogP contribution in [-0.4, -0.2) is 10.2 Å². The first-order valence-electron chi connectivity index (χ1n) is 2.66. The van der Waals surface area contributed by atoms with Crippen molar-refractivity contribution in [2.24, 2.45) is 0 Å². The molecule has 0 saturated heterocycles. The van der Waals surface area contributed by atoms with Crippen molar-refractivity contribution in [1.29, 1.82) is 0 Å². The molecular formula is C6H7ClN2. The molecule has 0 radical (unpaired) electrons. The Balaban J connectivity index is 3.17. The molecule has 2 nitrogen and oxygen atoms in total. The second-order valence-electron chi connectivity index (χ2n) is 1.92. The monoisotopic (exact) mass is 142 g/mol. The molecule has 0 aliphatic rings. The molecule has 0 spiro atoms. The highest BCUT2D eigenvalue weighted by molar-refractivity contribution is 6.31. The van der Waals surface area contributed by atoms with E-state index in [0.29, 0.717) is 5.02 Å². The van der Waals surface area contributed by atoms with E-state index in [1.54, 1.807) is 6.07 Å². The van der Waals surface area contributed by atoms with Crippen molar-refractivity contribution in [1.82, 2.24) is 10.2 Å². The van der Waals surface area contributed by atoms with Crippen LogP contribution in [0.25, 0.3) is 0 Å². The maximum absolute atomic E-state index is 5.71. The summed E-state index contributed by atoms with van der Waals surface area (Å²) in [7, 11) is 0. The maximum atomic E-state index is 5.71. The van der Waals surface area contributed by atoms with Crippen LogP contribution in [0, 0.1) is 13.8 Å². The van der Waals surface area contributed by atoms with Gasteiger partial charge >= 0.3 is 0 Å². The Morgan fingerprint density at radius 3 is 2.44 bits per heavy atom. The predicted octanol–water partition coefficient (Wildman–Crippen LogP) is 1.75. The summed E-state index contributed by atoms with van der Waals surface area (Å²) in [5.74, 6) is 0. The summed E-state index contributed by atoms with van der Waals surface area (Å²) in [4.78, 5) is 0. The topological polar surface area (TPSA) is 25.8 Å². The molecule has 1 aromatic heterocycles. The van der Waals surface area contributed by atoms with Crippen LogP contribution < -0.4 is 0 Å². The van der Waals surface area contributed by atoms with Gasteiger partial charge in [0.25, 0.3) is 0 Å². The fourth-order valence-corrected chi connectivity index (χ4v) is 0.714. The van der Waals surface area contributed by atoms with Gasteiger partial charge in [-0.25, -0.2) is 0 Å². The number of nitrogens with zero attached hydrogens (tertiary/aromatic N) is 2. The average molecular weight is 143 g/mol. The molecule has 48 valence electrons. The molecule has 9 heavy (non-hydrogen) atoms. The van der Waals surface area contributed by atoms with Crippen molar-refractivity contribution >= 4 is 11.6 Å². The van der Waals surface area contributed by atoms with E-state index in [1.165, 1.54) is 0 Å². The average Bonchev–Trinajstić information content (AvgIpc) is 1.80. The number of halogens is 1. The van der Waals surface area contributed by atoms with Crippen molar-refractivity contribution in [3.05, 3.63) is 22.5 Å². The standard InChI is InChI=1S/C6H7ClN2/c1-4-3-6(7)5(2)9-8-4/h3H,1-2H3. The number of rotatable bonds is 0. The lowest BCUT2D eigenvalue weighted by Crippen LogP contribution is -1.89. The Morgan fingerprint density at radius 2 is 2.00 bits per heavy atom. The second-order valence-corrected chi connectivity index (χ2v) is 2.33. The van der Waals surface area contributed by atoms with E-state index < -0.39 is 0 Å². The van der Waals surface area contributed by atoms with Gasteiger partial charge in [0, 0.05) is 0 Å². The van der Waals surface area contributed by atoms with Gasteiger partial charge in [-0.15, -0.1) is 0 Å². The summed E-state index contributed by atoms with van der Waals surface area (Å²) in [6, 6.07) is 1.80. The molecule has 1 heterocycles. The zero-order valence-electron chi connectivity index (χ0n) is 5.35. The van der Waals surface area contributed by atoms with Crippen LogP contribution >= 0.6 is 11.6 Å². The highest BCUT2D eigenvalue weighted by atomic mass is 35.5. The van der Waals surface area contributed by atoms with Crippen LogP contribution in [-0.2, 0) is 0 Å². The Morgan fingerprint density at radius 1 is 1.33 bits per heavy atom. The molecule has 0 aliphatic heterocycles. The highest BCUT2D eigenvalue weighted by Gasteiger charge is 1.94. The number of aryl methyl sites for hydroxylation is 2. The number of aromatic nitrogens is 2. The van der Waals surface area contributed by atoms with Gasteiger partial charge < -0.3 is 0 Å². The van der Waals surface area contributed by atoms with Crippen LogP contribution in [0.1, 0.15) is 11.4 Å². The molecule has 3 heteroatoms. The van der Waals surface area contributed by atoms with E-state index in [9.17, 15) is 0 Å². The van der Waals surface area contributed by atoms with Crippen LogP contribution in [0.2, 0.25) is 5.02 Å². The molecule has 0 amide bonds. The first kappa shape index (κ1) is 6.49. The van der Waals surface area contributed by atoms with E-state index in [1.807, 2.05) is 13.8 Å². The minimum atomic E-state index is 0.683. The maximum Gasteiger partial charge on any atom is 0.0786 e. The van der Waals surface area contributed by atoms with Gasteiger partial charge in [0.05, 0.1) is 16.4 Å². The lowest BCUT2D eigenvalue weighted by Gasteiger charge is -1.93. The first-order valence-corrected chi connectivity index (χ1v) is 3.04. The quantitative estimate of drug-likeness (QED) is 0.552. The van der Waals surface area contributed by atoms with Crippen LogP contribution in [0.5, 0.6) is 0 Å². The van der Waals surface area contributed by atoms with Crippen molar-refractivity contribution in [3.8, 4) is 0 Å². The fraction of sp³-hybridized carbons (Fsp3) is 0.333. The minimum Gasteiger partial charge on any atom is -0.156 e. The largest absolute Gasteiger partial charge is 0.156 e. The van der Waals surface area contributed by atoms with E-state index in [4.69, 9.17) is 11.6 Å². The molecule has 1 rings (SSSR count). The van der Waals surface area contributed by atoms with E-state index in [-0.39, 0.29) is 0 Å². The Kier molecular flexibility index (Phi) is 1.67. The van der Waals surface area contributed by atoms with Gasteiger partial charge in [0.15, 0.2) is 0 Å². The van der Waals surface area contributed by atoms with Crippen molar-refractivity contribution in [2.45, 2.75) is 13.8 Å². The van der Waals surface area contributed by atoms with Gasteiger partial charge in [-0.3, -0.25) is 0 Å². The number of hydrogen-bond acceptors (Lipinski definition) is 2. The summed E-state index contributed by atoms with van der Waals surface area (Å²) >= 11 is 5.71. The van der Waals surface area contributed by atoms with E-state index in [2.05, 4.69) is 10.2 Å².